The number of amides is 4. The molecule has 85 heavy (non-hydrogen) atoms. The number of benzene rings is 2. The highest BCUT2D eigenvalue weighted by atomic mass is 127. The maximum absolute atomic E-state index is 13.4. The number of aliphatic hydroxyl groups excluding tert-OH is 4. The van der Waals surface area contributed by atoms with Gasteiger partial charge in [0, 0.05) is 86.8 Å². The van der Waals surface area contributed by atoms with Gasteiger partial charge in [-0.2, -0.15) is 0 Å². The molecule has 10 rings (SSSR count). The van der Waals surface area contributed by atoms with Gasteiger partial charge in [0.25, 0.3) is 11.8 Å². The topological polar surface area (TPSA) is 356 Å². The molecule has 452 valence electrons. The van der Waals surface area contributed by atoms with Crippen LogP contribution in [0, 0.1) is 63.1 Å². The number of halogens is 5. The second-order valence-corrected chi connectivity index (χ2v) is 20.7. The average Bonchev–Trinajstić information content (AvgIpc) is 2.36. The molecular weight excluding hydrogens is 1240 g/mol. The molecule has 0 aliphatic carbocycles. The van der Waals surface area contributed by atoms with Crippen molar-refractivity contribution in [1.82, 2.24) is 59.5 Å². The highest BCUT2D eigenvalue weighted by molar-refractivity contribution is 14.1. The molecule has 31 heteroatoms. The molecule has 10 N–H and O–H groups in total. The zero-order chi connectivity index (χ0) is 61.2. The van der Waals surface area contributed by atoms with Crippen LogP contribution in [0.15, 0.2) is 49.1 Å². The first kappa shape index (κ1) is 63.0. The fraction of sp³-hybridized carbons (Fsp3) is 0.444. The third-order valence-corrected chi connectivity index (χ3v) is 14.5. The molecule has 8 atom stereocenters. The van der Waals surface area contributed by atoms with Crippen LogP contribution in [0.1, 0.15) is 70.7 Å². The second-order valence-electron chi connectivity index (χ2n) is 19.8. The number of likely N-dealkylation sites (N-methyl/N-ethyl adjacent to an activating group) is 2. The molecule has 26 nitrogen and oxygen atoms in total. The highest BCUT2D eigenvalue weighted by Gasteiger charge is 2.49. The Morgan fingerprint density at radius 2 is 1.09 bits per heavy atom. The van der Waals surface area contributed by atoms with Crippen molar-refractivity contribution < 1.29 is 76.1 Å². The molecule has 4 amide bonds. The van der Waals surface area contributed by atoms with E-state index in [4.69, 9.17) is 36.8 Å². The summed E-state index contributed by atoms with van der Waals surface area (Å²) in [7, 11) is 0. The van der Waals surface area contributed by atoms with Gasteiger partial charge in [-0.3, -0.25) is 18.7 Å². The first-order valence-electron chi connectivity index (χ1n) is 26.7. The first-order chi connectivity index (χ1) is 40.7. The van der Waals surface area contributed by atoms with Gasteiger partial charge >= 0.3 is 12.2 Å². The number of aliphatic hydroxyl groups is 4. The minimum absolute atomic E-state index is 0.000326. The van der Waals surface area contributed by atoms with E-state index in [0.717, 1.165) is 37.1 Å². The van der Waals surface area contributed by atoms with Gasteiger partial charge in [0.1, 0.15) is 46.9 Å². The van der Waals surface area contributed by atoms with Crippen molar-refractivity contribution in [3.8, 4) is 35.7 Å². The Hall–Kier alpha value is -8.05. The lowest BCUT2D eigenvalue weighted by atomic mass is 9.94. The average molecular weight is 1300 g/mol. The maximum atomic E-state index is 13.4. The number of carbonyl (C=O) groups excluding carboxylic acids is 4. The summed E-state index contributed by atoms with van der Waals surface area (Å²) in [5, 5.41) is 46.4. The molecule has 2 aromatic carbocycles. The Bertz CT molecular complexity index is 3510. The van der Waals surface area contributed by atoms with E-state index in [-0.39, 0.29) is 46.0 Å². The summed E-state index contributed by atoms with van der Waals surface area (Å²) >= 11 is 1.91. The predicted molar refractivity (Wildman–Crippen MR) is 300 cm³/mol. The van der Waals surface area contributed by atoms with Gasteiger partial charge in [0.05, 0.1) is 12.7 Å². The van der Waals surface area contributed by atoms with Gasteiger partial charge in [-0.05, 0) is 81.6 Å². The van der Waals surface area contributed by atoms with E-state index in [2.05, 4.69) is 58.3 Å². The van der Waals surface area contributed by atoms with Crippen LogP contribution in [0.25, 0.3) is 22.3 Å². The number of nitrogens with zero attached hydrogens (tertiary/aromatic N) is 10. The number of piperidine rings is 2. The van der Waals surface area contributed by atoms with Gasteiger partial charge < -0.3 is 71.3 Å². The van der Waals surface area contributed by atoms with E-state index in [1.54, 1.807) is 18.7 Å². The third kappa shape index (κ3) is 14.9. The number of ether oxygens (including phenoxy) is 4. The largest absolute Gasteiger partial charge is 0.415 e. The molecule has 8 heterocycles. The summed E-state index contributed by atoms with van der Waals surface area (Å²) in [5.74, 6) is 4.31. The number of hydrogen-bond donors (Lipinski definition) is 8. The van der Waals surface area contributed by atoms with Crippen molar-refractivity contribution in [2.45, 2.75) is 101 Å². The summed E-state index contributed by atoms with van der Waals surface area (Å²) in [6, 6.07) is 5.92. The molecule has 0 bridgehead atoms. The number of anilines is 2. The maximum Gasteiger partial charge on any atom is 0.415 e. The monoisotopic (exact) mass is 1300 g/mol. The zero-order valence-electron chi connectivity index (χ0n) is 45.5. The SMILES string of the molecule is C#CCC1CCN(C(=O)Oc2ccc(F)c(F)c2)CC1.CCNC(=O)[C@H]1O[C@@H](n2cnc3c(N)nc(C#CCC4CCN(C(=O)Oc5ccc(F)c(F)c5)CC4)nc32)C(O)[C@H]1O.CCNC(=O)[C@H]1O[C@@H](n2cnc3c(N)nc(I)nc32)C(O)[C@H]1O. The lowest BCUT2D eigenvalue weighted by molar-refractivity contribution is -0.138. The van der Waals surface area contributed by atoms with E-state index < -0.39 is 96.3 Å². The summed E-state index contributed by atoms with van der Waals surface area (Å²) in [6.07, 6.45) is 0.805. The summed E-state index contributed by atoms with van der Waals surface area (Å²) in [4.78, 5) is 76.6. The van der Waals surface area contributed by atoms with Gasteiger partial charge in [-0.25, -0.2) is 57.1 Å². The van der Waals surface area contributed by atoms with Crippen molar-refractivity contribution in [1.29, 1.82) is 0 Å². The van der Waals surface area contributed by atoms with Crippen molar-refractivity contribution in [2.75, 3.05) is 50.7 Å². The molecular formula is C54H59F4IN14O12. The number of likely N-dealkylation sites (tertiary alicyclic amines) is 2. The fourth-order valence-electron chi connectivity index (χ4n) is 9.53. The molecule has 6 aromatic rings. The Balaban J connectivity index is 0.000000184. The molecule has 4 fully saturated rings. The van der Waals surface area contributed by atoms with Gasteiger partial charge in [0.2, 0.25) is 5.82 Å². The number of nitrogen functional groups attached to an aromatic ring is 2. The summed E-state index contributed by atoms with van der Waals surface area (Å²) < 4.78 is 76.8. The minimum atomic E-state index is -1.46. The third-order valence-electron chi connectivity index (χ3n) is 14.0. The smallest absolute Gasteiger partial charge is 0.410 e. The Labute approximate surface area is 495 Å². The van der Waals surface area contributed by atoms with Crippen LogP contribution in [0.3, 0.4) is 0 Å². The highest BCUT2D eigenvalue weighted by Crippen LogP contribution is 2.34. The molecule has 0 saturated carbocycles. The van der Waals surface area contributed by atoms with Gasteiger partial charge in [0.15, 0.2) is 74.7 Å². The standard InChI is InChI=1S/C27H29F2N7O6.C15H15F2NO2.C12H15IN6O4/c1-2-31-25(39)22-20(37)21(38)26(42-22)36-13-32-19-23(30)33-18(34-24(19)36)5-3-4-14-8-10-35(11-9-14)27(40)41-15-6-7-16(28)17(29)12-15;1-2-3-11-6-8-18(9-7-11)15(19)20-12-4-5-13(16)14(17)10-12;1-2-15-10(22)7-5(20)6(21)11(23-7)19-3-16-4-8(14)17-12(13)18-9(4)19/h6-7,12-14,20-22,26,37-38H,2,4,8-11H2,1H3,(H,31,39)(H2,30,33,34);1,4-5,10-11H,3,6-9H2;3,5-7,11,20-21H,2H2,1H3,(H,15,22)(H2,14,17,18)/t20-,21?,22+,26-;;5-,6?,7+,11-/m1.1/s1. The predicted octanol–water partition coefficient (Wildman–Crippen LogP) is 3.06. The summed E-state index contributed by atoms with van der Waals surface area (Å²) in [6.45, 7) is 6.15. The second kappa shape index (κ2) is 28.2. The number of rotatable bonds is 10. The quantitative estimate of drug-likeness (QED) is 0.0423. The lowest BCUT2D eigenvalue weighted by Gasteiger charge is -2.30. The van der Waals surface area contributed by atoms with Crippen molar-refractivity contribution in [3.63, 3.8) is 0 Å². The van der Waals surface area contributed by atoms with Crippen LogP contribution in [-0.4, -0.2) is 169 Å². The molecule has 0 radical (unpaired) electrons. The van der Waals surface area contributed by atoms with Crippen molar-refractivity contribution in [3.05, 3.63) is 82.0 Å². The van der Waals surface area contributed by atoms with E-state index in [1.165, 1.54) is 38.8 Å². The van der Waals surface area contributed by atoms with Crippen molar-refractivity contribution in [2.24, 2.45) is 11.8 Å². The van der Waals surface area contributed by atoms with Gasteiger partial charge in [-0.1, -0.05) is 5.92 Å². The van der Waals surface area contributed by atoms with Crippen LogP contribution in [0.4, 0.5) is 38.8 Å². The van der Waals surface area contributed by atoms with Crippen molar-refractivity contribution >= 4 is 80.6 Å². The van der Waals surface area contributed by atoms with Crippen LogP contribution in [0.5, 0.6) is 11.5 Å². The Kier molecular flexibility index (Phi) is 20.9. The number of aromatic nitrogens is 8. The molecule has 2 unspecified atom stereocenters. The molecule has 4 aromatic heterocycles. The fourth-order valence-corrected chi connectivity index (χ4v) is 10.0. The Morgan fingerprint density at radius 3 is 1.53 bits per heavy atom. The van der Waals surface area contributed by atoms with E-state index in [1.807, 2.05) is 22.6 Å². The molecule has 4 saturated heterocycles. The molecule has 0 spiro atoms. The van der Waals surface area contributed by atoms with Crippen LogP contribution < -0.4 is 31.6 Å². The Morgan fingerprint density at radius 1 is 0.659 bits per heavy atom. The number of carbonyl (C=O) groups is 4. The van der Waals surface area contributed by atoms with Gasteiger partial charge in [-0.15, -0.1) is 12.3 Å². The number of fused-ring (bicyclic) bond motifs is 2. The number of nitrogens with two attached hydrogens (primary N) is 2. The van der Waals surface area contributed by atoms with Crippen LogP contribution in [-0.2, 0) is 19.1 Å². The first-order valence-corrected chi connectivity index (χ1v) is 27.8. The summed E-state index contributed by atoms with van der Waals surface area (Å²) in [5.41, 5.74) is 13.0. The minimum Gasteiger partial charge on any atom is -0.410 e. The van der Waals surface area contributed by atoms with Crippen LogP contribution in [0.2, 0.25) is 0 Å². The number of hydrogen-bond acceptors (Lipinski definition) is 20. The zero-order valence-corrected chi connectivity index (χ0v) is 47.7. The lowest BCUT2D eigenvalue weighted by Crippen LogP contribution is -2.42. The van der Waals surface area contributed by atoms with E-state index in [0.29, 0.717) is 85.9 Å². The number of imidazole rings is 2. The number of terminal acetylenes is 1. The number of nitrogens with one attached hydrogen (secondary N) is 2. The van der Waals surface area contributed by atoms with E-state index >= 15 is 0 Å². The van der Waals surface area contributed by atoms with E-state index in [9.17, 15) is 57.2 Å². The van der Waals surface area contributed by atoms with Crippen LogP contribution >= 0.6 is 22.6 Å². The molecule has 4 aliphatic rings. The normalized spacial score (nSPS) is 22.3. The molecule has 4 aliphatic heterocycles.